The van der Waals surface area contributed by atoms with Crippen LogP contribution in [-0.4, -0.2) is 33.2 Å². The maximum absolute atomic E-state index is 12.0. The van der Waals surface area contributed by atoms with Gasteiger partial charge in [0, 0.05) is 10.6 Å². The standard InChI is InChI=1S/C18H20Cl2N2O2/c1-22(2)16(13-6-4-3-5-7-13)11-21-18(23)12-24-17-9-8-14(19)10-15(17)20/h3-10,16H,11-12H2,1-2H3,(H,21,23)/p+1/t16-/m0/s1. The first-order valence-electron chi connectivity index (χ1n) is 7.67. The molecule has 128 valence electrons. The summed E-state index contributed by atoms with van der Waals surface area (Å²) in [5, 5.41) is 3.82. The summed E-state index contributed by atoms with van der Waals surface area (Å²) in [6.45, 7) is 0.439. The van der Waals surface area contributed by atoms with Crippen molar-refractivity contribution in [1.82, 2.24) is 5.32 Å². The van der Waals surface area contributed by atoms with Crippen LogP contribution in [0.2, 0.25) is 10.0 Å². The molecule has 24 heavy (non-hydrogen) atoms. The van der Waals surface area contributed by atoms with Gasteiger partial charge in [0.15, 0.2) is 6.61 Å². The highest BCUT2D eigenvalue weighted by molar-refractivity contribution is 6.35. The van der Waals surface area contributed by atoms with Gasteiger partial charge in [-0.25, -0.2) is 0 Å². The van der Waals surface area contributed by atoms with Crippen LogP contribution in [0.1, 0.15) is 11.6 Å². The van der Waals surface area contributed by atoms with E-state index in [9.17, 15) is 4.79 Å². The van der Waals surface area contributed by atoms with Crippen molar-refractivity contribution < 1.29 is 14.4 Å². The molecule has 0 aliphatic carbocycles. The monoisotopic (exact) mass is 367 g/mol. The maximum atomic E-state index is 12.0. The quantitative estimate of drug-likeness (QED) is 0.788. The maximum Gasteiger partial charge on any atom is 0.258 e. The number of amides is 1. The minimum Gasteiger partial charge on any atom is -0.482 e. The molecule has 0 aliphatic heterocycles. The largest absolute Gasteiger partial charge is 0.482 e. The van der Waals surface area contributed by atoms with Crippen LogP contribution in [0.15, 0.2) is 48.5 Å². The second-order valence-corrected chi connectivity index (χ2v) is 6.55. The lowest BCUT2D eigenvalue weighted by Gasteiger charge is -2.22. The first kappa shape index (κ1) is 18.6. The van der Waals surface area contributed by atoms with Crippen molar-refractivity contribution in [3.63, 3.8) is 0 Å². The van der Waals surface area contributed by atoms with E-state index in [1.54, 1.807) is 18.2 Å². The zero-order valence-electron chi connectivity index (χ0n) is 13.7. The normalized spacial score (nSPS) is 12.0. The van der Waals surface area contributed by atoms with Crippen LogP contribution in [0.3, 0.4) is 0 Å². The van der Waals surface area contributed by atoms with E-state index >= 15 is 0 Å². The van der Waals surface area contributed by atoms with Crippen molar-refractivity contribution in [3.05, 3.63) is 64.1 Å². The SMILES string of the molecule is C[NH+](C)[C@@H](CNC(=O)COc1ccc(Cl)cc1Cl)c1ccccc1. The van der Waals surface area contributed by atoms with Gasteiger partial charge in [-0.3, -0.25) is 4.79 Å². The van der Waals surface area contributed by atoms with E-state index in [-0.39, 0.29) is 18.6 Å². The molecule has 0 aliphatic rings. The lowest BCUT2D eigenvalue weighted by Crippen LogP contribution is -3.07. The van der Waals surface area contributed by atoms with E-state index in [4.69, 9.17) is 27.9 Å². The average molecular weight is 368 g/mol. The molecule has 2 N–H and O–H groups in total. The fraction of sp³-hybridized carbons (Fsp3) is 0.278. The summed E-state index contributed by atoms with van der Waals surface area (Å²) in [5.41, 5.74) is 1.18. The van der Waals surface area contributed by atoms with E-state index < -0.39 is 0 Å². The molecule has 0 aromatic heterocycles. The van der Waals surface area contributed by atoms with Crippen LogP contribution in [0, 0.1) is 0 Å². The fourth-order valence-electron chi connectivity index (χ4n) is 2.34. The Morgan fingerprint density at radius 2 is 1.88 bits per heavy atom. The molecule has 2 rings (SSSR count). The van der Waals surface area contributed by atoms with Crippen LogP contribution < -0.4 is 15.0 Å². The number of likely N-dealkylation sites (N-methyl/N-ethyl adjacent to an activating group) is 1. The van der Waals surface area contributed by atoms with Gasteiger partial charge in [0.25, 0.3) is 5.91 Å². The highest BCUT2D eigenvalue weighted by atomic mass is 35.5. The van der Waals surface area contributed by atoms with Gasteiger partial charge in [-0.05, 0) is 18.2 Å². The second-order valence-electron chi connectivity index (χ2n) is 5.71. The molecular formula is C18H21Cl2N2O2+. The first-order valence-corrected chi connectivity index (χ1v) is 8.42. The Bertz CT molecular complexity index is 678. The fourth-order valence-corrected chi connectivity index (χ4v) is 2.81. The molecule has 0 bridgehead atoms. The zero-order valence-corrected chi connectivity index (χ0v) is 15.2. The molecule has 1 amide bonds. The molecule has 0 radical (unpaired) electrons. The minimum atomic E-state index is -0.191. The van der Waals surface area contributed by atoms with Crippen LogP contribution in [0.4, 0.5) is 0 Å². The van der Waals surface area contributed by atoms with E-state index in [1.807, 2.05) is 18.2 Å². The number of hydrogen-bond donors (Lipinski definition) is 2. The molecule has 0 heterocycles. The molecule has 0 unspecified atom stereocenters. The Morgan fingerprint density at radius 1 is 1.17 bits per heavy atom. The number of hydrogen-bond acceptors (Lipinski definition) is 2. The molecule has 2 aromatic carbocycles. The number of benzene rings is 2. The molecule has 0 saturated carbocycles. The van der Waals surface area contributed by atoms with E-state index in [0.29, 0.717) is 22.3 Å². The van der Waals surface area contributed by atoms with Gasteiger partial charge in [-0.1, -0.05) is 53.5 Å². The van der Waals surface area contributed by atoms with E-state index in [0.717, 1.165) is 0 Å². The number of carbonyl (C=O) groups is 1. The predicted molar refractivity (Wildman–Crippen MR) is 97.0 cm³/mol. The lowest BCUT2D eigenvalue weighted by atomic mass is 10.1. The molecule has 1 atom stereocenters. The number of quaternary nitrogens is 1. The summed E-state index contributed by atoms with van der Waals surface area (Å²) in [6, 6.07) is 15.2. The summed E-state index contributed by atoms with van der Waals surface area (Å²) in [7, 11) is 4.13. The lowest BCUT2D eigenvalue weighted by molar-refractivity contribution is -0.890. The third-order valence-electron chi connectivity index (χ3n) is 3.65. The third-order valence-corrected chi connectivity index (χ3v) is 4.19. The van der Waals surface area contributed by atoms with Crippen LogP contribution in [0.5, 0.6) is 5.75 Å². The summed E-state index contributed by atoms with van der Waals surface area (Å²) in [4.78, 5) is 13.3. The van der Waals surface area contributed by atoms with E-state index in [2.05, 4.69) is 31.5 Å². The predicted octanol–water partition coefficient (Wildman–Crippen LogP) is 2.37. The highest BCUT2D eigenvalue weighted by Crippen LogP contribution is 2.27. The smallest absolute Gasteiger partial charge is 0.258 e. The van der Waals surface area contributed by atoms with Gasteiger partial charge in [0.1, 0.15) is 11.8 Å². The third kappa shape index (κ3) is 5.41. The number of halogens is 2. The van der Waals surface area contributed by atoms with Gasteiger partial charge in [0.2, 0.25) is 0 Å². The average Bonchev–Trinajstić information content (AvgIpc) is 2.55. The second kappa shape index (κ2) is 8.92. The van der Waals surface area contributed by atoms with Gasteiger partial charge in [-0.15, -0.1) is 0 Å². The molecule has 6 heteroatoms. The zero-order chi connectivity index (χ0) is 17.5. The Balaban J connectivity index is 1.87. The van der Waals surface area contributed by atoms with Crippen molar-refractivity contribution in [1.29, 1.82) is 0 Å². The Morgan fingerprint density at radius 3 is 2.50 bits per heavy atom. The van der Waals surface area contributed by atoms with Gasteiger partial charge in [0.05, 0.1) is 25.7 Å². The van der Waals surface area contributed by atoms with Crippen molar-refractivity contribution in [2.45, 2.75) is 6.04 Å². The van der Waals surface area contributed by atoms with Crippen molar-refractivity contribution in [2.75, 3.05) is 27.2 Å². The Hall–Kier alpha value is -1.75. The molecule has 4 nitrogen and oxygen atoms in total. The van der Waals surface area contributed by atoms with Gasteiger partial charge < -0.3 is 15.0 Å². The van der Waals surface area contributed by atoms with Crippen LogP contribution >= 0.6 is 23.2 Å². The van der Waals surface area contributed by atoms with Crippen LogP contribution in [0.25, 0.3) is 0 Å². The molecule has 0 spiro atoms. The summed E-state index contributed by atoms with van der Waals surface area (Å²) in [6.07, 6.45) is 0. The number of rotatable bonds is 7. The molecular weight excluding hydrogens is 347 g/mol. The van der Waals surface area contributed by atoms with E-state index in [1.165, 1.54) is 10.5 Å². The first-order chi connectivity index (χ1) is 11.5. The topological polar surface area (TPSA) is 42.8 Å². The summed E-state index contributed by atoms with van der Waals surface area (Å²) < 4.78 is 5.44. The number of carbonyl (C=O) groups excluding carboxylic acids is 1. The van der Waals surface area contributed by atoms with Gasteiger partial charge >= 0.3 is 0 Å². The number of ether oxygens (including phenoxy) is 1. The number of nitrogens with one attached hydrogen (secondary N) is 2. The van der Waals surface area contributed by atoms with Crippen molar-refractivity contribution in [2.24, 2.45) is 0 Å². The van der Waals surface area contributed by atoms with Crippen molar-refractivity contribution in [3.8, 4) is 5.75 Å². The Labute approximate surface area is 152 Å². The highest BCUT2D eigenvalue weighted by Gasteiger charge is 2.18. The minimum absolute atomic E-state index is 0.0916. The summed E-state index contributed by atoms with van der Waals surface area (Å²) in [5.74, 6) is 0.247. The van der Waals surface area contributed by atoms with Crippen molar-refractivity contribution >= 4 is 29.1 Å². The molecule has 2 aromatic rings. The van der Waals surface area contributed by atoms with Crippen LogP contribution in [-0.2, 0) is 4.79 Å². The van der Waals surface area contributed by atoms with Gasteiger partial charge in [-0.2, -0.15) is 0 Å². The Kier molecular flexibility index (Phi) is 6.91. The summed E-state index contributed by atoms with van der Waals surface area (Å²) >= 11 is 11.8. The molecule has 0 fully saturated rings. The molecule has 0 saturated heterocycles.